The Morgan fingerprint density at radius 3 is 2.41 bits per heavy atom. The molecule has 0 N–H and O–H groups in total. The van der Waals surface area contributed by atoms with Crippen molar-refractivity contribution in [1.82, 2.24) is 14.9 Å². The molecule has 3 aromatic rings. The first-order valence-electron chi connectivity index (χ1n) is 12.0. The molecule has 0 saturated carbocycles. The molecular weight excluding hydrogens is 554 g/mol. The average Bonchev–Trinajstić information content (AvgIpc) is 3.47. The van der Waals surface area contributed by atoms with Gasteiger partial charge in [0, 0.05) is 30.2 Å². The van der Waals surface area contributed by atoms with Gasteiger partial charge in [-0.2, -0.15) is 31.3 Å². The molecule has 0 radical (unpaired) electrons. The number of nitrogens with zero attached hydrogens (tertiary/aromatic N) is 4. The molecule has 3 aliphatic heterocycles. The number of benzene rings is 1. The molecule has 3 fully saturated rings. The molecule has 6 rings (SSSR count). The summed E-state index contributed by atoms with van der Waals surface area (Å²) in [5.41, 5.74) is -1.25. The summed E-state index contributed by atoms with van der Waals surface area (Å²) in [4.78, 5) is 24.4. The molecule has 1 amide bonds. The second kappa shape index (κ2) is 9.54. The number of hydrogen-bond donors (Lipinski definition) is 0. The molecule has 0 spiro atoms. The molecule has 2 bridgehead atoms. The maximum atomic E-state index is 13.9. The van der Waals surface area contributed by atoms with E-state index in [4.69, 9.17) is 9.15 Å². The van der Waals surface area contributed by atoms with E-state index in [1.165, 1.54) is 23.6 Å². The molecule has 3 unspecified atom stereocenters. The molecule has 5 heterocycles. The molecule has 3 atom stereocenters. The standard InChI is InChI=1S/C24H24F6N4O4S/c1-22(2,3)38-21(35)34-12-8-13(34)10-33(9-12)20-32-16-14(18(24(28,29)30)36-11-23(25,26)27)4-5-15(17(16)37-20)19-31-6-7-39-19/h4-7,12-13,18H,8-11H2,1-3H3. The number of aromatic nitrogens is 2. The molecule has 1 aromatic carbocycles. The van der Waals surface area contributed by atoms with Crippen molar-refractivity contribution >= 4 is 34.5 Å². The number of anilines is 1. The lowest BCUT2D eigenvalue weighted by atomic mass is 9.88. The van der Waals surface area contributed by atoms with Gasteiger partial charge >= 0.3 is 18.4 Å². The van der Waals surface area contributed by atoms with Gasteiger partial charge in [0.25, 0.3) is 6.01 Å². The van der Waals surface area contributed by atoms with E-state index in [9.17, 15) is 31.1 Å². The van der Waals surface area contributed by atoms with Crippen LogP contribution in [0.5, 0.6) is 0 Å². The Balaban J connectivity index is 1.50. The maximum absolute atomic E-state index is 13.9. The number of hydrogen-bond acceptors (Lipinski definition) is 8. The van der Waals surface area contributed by atoms with Crippen LogP contribution in [0.2, 0.25) is 0 Å². The van der Waals surface area contributed by atoms with E-state index in [2.05, 4.69) is 14.7 Å². The van der Waals surface area contributed by atoms with Gasteiger partial charge in [-0.05, 0) is 33.3 Å². The highest BCUT2D eigenvalue weighted by Gasteiger charge is 2.50. The summed E-state index contributed by atoms with van der Waals surface area (Å²) in [7, 11) is 0. The zero-order valence-electron chi connectivity index (χ0n) is 21.0. The summed E-state index contributed by atoms with van der Waals surface area (Å²) in [6.07, 6.45) is -11.2. The first-order valence-corrected chi connectivity index (χ1v) is 12.8. The van der Waals surface area contributed by atoms with Gasteiger partial charge in [0.15, 0.2) is 11.7 Å². The average molecular weight is 579 g/mol. The Hall–Kier alpha value is -3.07. The van der Waals surface area contributed by atoms with E-state index in [0.29, 0.717) is 17.0 Å². The fourth-order valence-electron chi connectivity index (χ4n) is 4.80. The van der Waals surface area contributed by atoms with Crippen molar-refractivity contribution in [1.29, 1.82) is 0 Å². The third-order valence-electron chi connectivity index (χ3n) is 6.29. The normalized spacial score (nSPS) is 20.7. The fraction of sp³-hybridized carbons (Fsp3) is 0.542. The van der Waals surface area contributed by atoms with E-state index in [-0.39, 0.29) is 42.3 Å². The molecule has 8 nitrogen and oxygen atoms in total. The van der Waals surface area contributed by atoms with Crippen molar-refractivity contribution < 1.29 is 45.0 Å². The van der Waals surface area contributed by atoms with Crippen molar-refractivity contribution in [3.05, 3.63) is 29.3 Å². The Bertz CT molecular complexity index is 1340. The maximum Gasteiger partial charge on any atom is 0.418 e. The number of piperazine rings is 1. The summed E-state index contributed by atoms with van der Waals surface area (Å²) in [5.74, 6) is 0. The lowest BCUT2D eigenvalue weighted by Crippen LogP contribution is -2.70. The number of thiazole rings is 1. The predicted octanol–water partition coefficient (Wildman–Crippen LogP) is 6.33. The molecule has 3 aliphatic rings. The highest BCUT2D eigenvalue weighted by atomic mass is 32.1. The van der Waals surface area contributed by atoms with Crippen LogP contribution in [0.15, 0.2) is 28.1 Å². The summed E-state index contributed by atoms with van der Waals surface area (Å²) < 4.78 is 95.8. The molecule has 212 valence electrons. The van der Waals surface area contributed by atoms with Crippen molar-refractivity contribution in [3.63, 3.8) is 0 Å². The van der Waals surface area contributed by atoms with E-state index in [1.54, 1.807) is 36.0 Å². The topological polar surface area (TPSA) is 80.9 Å². The van der Waals surface area contributed by atoms with Crippen LogP contribution in [0, 0.1) is 0 Å². The number of fused-ring (bicyclic) bond motifs is 3. The van der Waals surface area contributed by atoms with E-state index < -0.39 is 42.3 Å². The highest BCUT2D eigenvalue weighted by molar-refractivity contribution is 7.13. The number of oxazole rings is 1. The van der Waals surface area contributed by atoms with E-state index >= 15 is 0 Å². The van der Waals surface area contributed by atoms with Crippen LogP contribution in [-0.2, 0) is 9.47 Å². The van der Waals surface area contributed by atoms with Gasteiger partial charge < -0.3 is 18.8 Å². The van der Waals surface area contributed by atoms with Gasteiger partial charge in [-0.3, -0.25) is 4.90 Å². The molecular formula is C24H24F6N4O4S. The molecule has 39 heavy (non-hydrogen) atoms. The van der Waals surface area contributed by atoms with Crippen LogP contribution in [0.1, 0.15) is 38.9 Å². The van der Waals surface area contributed by atoms with Gasteiger partial charge in [0.05, 0.1) is 17.6 Å². The monoisotopic (exact) mass is 578 g/mol. The van der Waals surface area contributed by atoms with Crippen molar-refractivity contribution in [2.45, 2.75) is 63.3 Å². The minimum atomic E-state index is -5.15. The quantitative estimate of drug-likeness (QED) is 0.327. The predicted molar refractivity (Wildman–Crippen MR) is 128 cm³/mol. The number of carbonyl (C=O) groups excluding carboxylic acids is 1. The number of ether oxygens (including phenoxy) is 2. The van der Waals surface area contributed by atoms with Crippen molar-refractivity contribution in [2.75, 3.05) is 24.6 Å². The van der Waals surface area contributed by atoms with E-state index in [0.717, 1.165) is 6.07 Å². The van der Waals surface area contributed by atoms with Crippen LogP contribution in [0.25, 0.3) is 21.7 Å². The smallest absolute Gasteiger partial charge is 0.418 e. The lowest BCUT2D eigenvalue weighted by Gasteiger charge is -2.55. The minimum Gasteiger partial charge on any atom is -0.444 e. The third-order valence-corrected chi connectivity index (χ3v) is 7.09. The first-order chi connectivity index (χ1) is 18.1. The fourth-order valence-corrected chi connectivity index (χ4v) is 5.46. The van der Waals surface area contributed by atoms with Crippen LogP contribution < -0.4 is 4.90 Å². The number of carbonyl (C=O) groups is 1. The zero-order valence-corrected chi connectivity index (χ0v) is 21.8. The van der Waals surface area contributed by atoms with Gasteiger partial charge in [0.2, 0.25) is 0 Å². The number of piperidine rings is 1. The largest absolute Gasteiger partial charge is 0.444 e. The first kappa shape index (κ1) is 27.5. The summed E-state index contributed by atoms with van der Waals surface area (Å²) in [5, 5.41) is 2.10. The van der Waals surface area contributed by atoms with E-state index in [1.807, 2.05) is 0 Å². The van der Waals surface area contributed by atoms with Gasteiger partial charge in [0.1, 0.15) is 22.7 Å². The number of amides is 1. The number of halogens is 6. The summed E-state index contributed by atoms with van der Waals surface area (Å²) in [6, 6.07) is 1.90. The Kier molecular flexibility index (Phi) is 6.72. The number of rotatable bonds is 5. The highest BCUT2D eigenvalue weighted by Crippen LogP contribution is 2.44. The summed E-state index contributed by atoms with van der Waals surface area (Å²) in [6.45, 7) is 3.77. The Labute approximate surface area is 222 Å². The van der Waals surface area contributed by atoms with Crippen molar-refractivity contribution in [3.8, 4) is 10.6 Å². The third kappa shape index (κ3) is 5.64. The van der Waals surface area contributed by atoms with Gasteiger partial charge in [-0.15, -0.1) is 11.3 Å². The summed E-state index contributed by atoms with van der Waals surface area (Å²) >= 11 is 1.21. The second-order valence-corrected chi connectivity index (χ2v) is 11.3. The zero-order chi connectivity index (χ0) is 28.3. The van der Waals surface area contributed by atoms with Crippen LogP contribution in [-0.4, -0.2) is 70.7 Å². The number of alkyl halides is 6. The SMILES string of the molecule is CC(C)(C)OC(=O)N1C2CC1CN(c1nc3c(C(OCC(F)(F)F)C(F)(F)F)ccc(-c4nccs4)c3o1)C2. The van der Waals surface area contributed by atoms with Crippen LogP contribution in [0.3, 0.4) is 0 Å². The molecule has 2 aromatic heterocycles. The Morgan fingerprint density at radius 1 is 1.15 bits per heavy atom. The Morgan fingerprint density at radius 2 is 1.85 bits per heavy atom. The van der Waals surface area contributed by atoms with Gasteiger partial charge in [-0.25, -0.2) is 9.78 Å². The minimum absolute atomic E-state index is 0.00876. The molecule has 3 saturated heterocycles. The molecule has 15 heteroatoms. The van der Waals surface area contributed by atoms with Crippen LogP contribution in [0.4, 0.5) is 37.2 Å². The van der Waals surface area contributed by atoms with Crippen LogP contribution >= 0.6 is 11.3 Å². The van der Waals surface area contributed by atoms with Crippen molar-refractivity contribution in [2.24, 2.45) is 0 Å². The van der Waals surface area contributed by atoms with Gasteiger partial charge in [-0.1, -0.05) is 6.07 Å². The molecule has 0 aliphatic carbocycles. The lowest BCUT2D eigenvalue weighted by molar-refractivity contribution is -0.257. The second-order valence-electron chi connectivity index (χ2n) is 10.4.